The molecule has 0 N–H and O–H groups in total. The van der Waals surface area contributed by atoms with Crippen molar-refractivity contribution in [1.82, 2.24) is 29.9 Å². The minimum absolute atomic E-state index is 1.06. The zero-order valence-corrected chi connectivity index (χ0v) is 43.1. The van der Waals surface area contributed by atoms with Crippen LogP contribution in [0.1, 0.15) is 150 Å². The summed E-state index contributed by atoms with van der Waals surface area (Å²) in [5.41, 5.74) is 14.8. The second kappa shape index (κ2) is 50.0. The maximum atomic E-state index is 4.08. The van der Waals surface area contributed by atoms with E-state index in [1.165, 1.54) is 44.5 Å². The van der Waals surface area contributed by atoms with Gasteiger partial charge in [-0.3, -0.25) is 19.9 Å². The number of rotatable bonds is 0. The number of nitrogens with zero attached hydrogens (tertiary/aromatic N) is 6. The molecule has 0 aliphatic heterocycles. The molecule has 0 saturated carbocycles. The molecule has 0 atom stereocenters. The van der Waals surface area contributed by atoms with Crippen molar-refractivity contribution in [3.8, 4) is 0 Å². The van der Waals surface area contributed by atoms with E-state index < -0.39 is 0 Å². The van der Waals surface area contributed by atoms with Crippen molar-refractivity contribution in [2.24, 2.45) is 0 Å². The molecule has 5 aromatic heterocycles. The van der Waals surface area contributed by atoms with E-state index in [1.54, 1.807) is 6.33 Å². The fourth-order valence-corrected chi connectivity index (χ4v) is 3.34. The first-order valence-electron chi connectivity index (χ1n) is 22.1. The highest BCUT2D eigenvalue weighted by Gasteiger charge is 1.89. The van der Waals surface area contributed by atoms with E-state index in [9.17, 15) is 0 Å². The van der Waals surface area contributed by atoms with Crippen molar-refractivity contribution >= 4 is 0 Å². The monoisotopic (exact) mass is 823 g/mol. The minimum atomic E-state index is 1.06. The fourth-order valence-electron chi connectivity index (χ4n) is 3.34. The largest absolute Gasteiger partial charge is 0.264 e. The first kappa shape index (κ1) is 66.7. The molecular weight excluding hydrogens is 733 g/mol. The molecule has 0 bridgehead atoms. The predicted molar refractivity (Wildman–Crippen MR) is 270 cm³/mol. The fraction of sp³-hybridized carbons (Fsp3) is 0.444. The van der Waals surface area contributed by atoms with E-state index >= 15 is 0 Å². The lowest BCUT2D eigenvalue weighted by atomic mass is 10.1. The second-order valence-corrected chi connectivity index (χ2v) is 11.6. The summed E-state index contributed by atoms with van der Waals surface area (Å²) in [6.45, 7) is 48.6. The van der Waals surface area contributed by atoms with E-state index in [4.69, 9.17) is 0 Å². The normalized spacial score (nSPS) is 8.00. The van der Waals surface area contributed by atoms with Gasteiger partial charge in [0.15, 0.2) is 0 Å². The third-order valence-corrected chi connectivity index (χ3v) is 7.73. The molecule has 0 spiro atoms. The molecule has 336 valence electrons. The number of hydrogen-bond acceptors (Lipinski definition) is 6. The molecule has 6 rings (SSSR count). The summed E-state index contributed by atoms with van der Waals surface area (Å²) in [5.74, 6) is 0. The Labute approximate surface area is 372 Å². The lowest BCUT2D eigenvalue weighted by molar-refractivity contribution is 1.06. The van der Waals surface area contributed by atoms with Crippen molar-refractivity contribution in [2.75, 3.05) is 0 Å². The smallest absolute Gasteiger partial charge is 0.115 e. The molecule has 0 aliphatic carbocycles. The lowest BCUT2D eigenvalue weighted by Gasteiger charge is -1.93. The van der Waals surface area contributed by atoms with Gasteiger partial charge in [0, 0.05) is 60.5 Å². The summed E-state index contributed by atoms with van der Waals surface area (Å²) in [7, 11) is 0. The summed E-state index contributed by atoms with van der Waals surface area (Å²) in [6.07, 6.45) is 14.3. The van der Waals surface area contributed by atoms with Crippen molar-refractivity contribution in [3.63, 3.8) is 0 Å². The number of aryl methyl sites for hydroxylation is 12. The molecular formula is C54H90N6. The Kier molecular flexibility index (Phi) is 55.6. The number of benzene rings is 1. The third kappa shape index (κ3) is 38.4. The molecule has 60 heavy (non-hydrogen) atoms. The van der Waals surface area contributed by atoms with Gasteiger partial charge in [0.1, 0.15) is 6.33 Å². The van der Waals surface area contributed by atoms with Gasteiger partial charge in [-0.15, -0.1) is 0 Å². The molecule has 0 radical (unpaired) electrons. The summed E-state index contributed by atoms with van der Waals surface area (Å²) in [5, 5.41) is 0. The number of hydrogen-bond donors (Lipinski definition) is 0. The van der Waals surface area contributed by atoms with Crippen molar-refractivity contribution < 1.29 is 0 Å². The molecule has 6 aromatic rings. The molecule has 0 saturated heterocycles. The van der Waals surface area contributed by atoms with Crippen LogP contribution in [0.2, 0.25) is 0 Å². The van der Waals surface area contributed by atoms with E-state index in [-0.39, 0.29) is 0 Å². The second-order valence-electron chi connectivity index (χ2n) is 11.6. The van der Waals surface area contributed by atoms with E-state index in [0.29, 0.717) is 0 Å². The van der Waals surface area contributed by atoms with Gasteiger partial charge < -0.3 is 0 Å². The molecule has 1 aromatic carbocycles. The maximum Gasteiger partial charge on any atom is 0.115 e. The van der Waals surface area contributed by atoms with Crippen molar-refractivity contribution in [3.05, 3.63) is 178 Å². The average molecular weight is 823 g/mol. The van der Waals surface area contributed by atoms with Crippen molar-refractivity contribution in [2.45, 2.75) is 166 Å². The van der Waals surface area contributed by atoms with Crippen LogP contribution < -0.4 is 0 Å². The van der Waals surface area contributed by atoms with Crippen LogP contribution in [0.25, 0.3) is 0 Å². The molecule has 0 amide bonds. The van der Waals surface area contributed by atoms with Gasteiger partial charge >= 0.3 is 0 Å². The summed E-state index contributed by atoms with van der Waals surface area (Å²) >= 11 is 0. The van der Waals surface area contributed by atoms with Gasteiger partial charge in [-0.2, -0.15) is 0 Å². The van der Waals surface area contributed by atoms with Gasteiger partial charge in [-0.05, 0) is 157 Å². The van der Waals surface area contributed by atoms with Gasteiger partial charge in [-0.1, -0.05) is 119 Å². The molecule has 0 fully saturated rings. The van der Waals surface area contributed by atoms with Crippen LogP contribution in [0.15, 0.2) is 110 Å². The highest BCUT2D eigenvalue weighted by molar-refractivity contribution is 5.23. The van der Waals surface area contributed by atoms with Gasteiger partial charge in [0.05, 0.1) is 0 Å². The lowest BCUT2D eigenvalue weighted by Crippen LogP contribution is -1.85. The topological polar surface area (TPSA) is 77.3 Å². The third-order valence-electron chi connectivity index (χ3n) is 7.73. The van der Waals surface area contributed by atoms with Gasteiger partial charge in [0.2, 0.25) is 0 Å². The van der Waals surface area contributed by atoms with Crippen molar-refractivity contribution in [1.29, 1.82) is 0 Å². The minimum Gasteiger partial charge on any atom is -0.264 e. The first-order valence-corrected chi connectivity index (χ1v) is 22.1. The van der Waals surface area contributed by atoms with Crippen LogP contribution in [0.4, 0.5) is 0 Å². The Bertz CT molecular complexity index is 1300. The highest BCUT2D eigenvalue weighted by atomic mass is 14.8. The SMILES string of the molecule is CC.CC.CC.CC.CC.CC.Cc1ccccc1C.Cc1cccnc1C.Cc1cccnc1C.Cc1ccncc1C.Cc1ccncc1C.Cc1cncnc1C. The maximum absolute atomic E-state index is 4.08. The van der Waals surface area contributed by atoms with E-state index in [2.05, 4.69) is 122 Å². The average Bonchev–Trinajstić information content (AvgIpc) is 3.30. The predicted octanol–water partition coefficient (Wildman–Crippen LogP) is 16.3. The molecule has 0 aliphatic rings. The zero-order valence-electron chi connectivity index (χ0n) is 43.1. The number of aromatic nitrogens is 6. The first-order chi connectivity index (χ1) is 28.8. The van der Waals surface area contributed by atoms with Crippen LogP contribution in [-0.4, -0.2) is 29.9 Å². The van der Waals surface area contributed by atoms with Crippen LogP contribution in [0.3, 0.4) is 0 Å². The van der Waals surface area contributed by atoms with Crippen LogP contribution in [-0.2, 0) is 0 Å². The molecule has 6 nitrogen and oxygen atoms in total. The molecule has 0 unspecified atom stereocenters. The summed E-state index contributed by atoms with van der Waals surface area (Å²) < 4.78 is 0. The van der Waals surface area contributed by atoms with Crippen LogP contribution in [0, 0.1) is 83.1 Å². The Hall–Kier alpha value is -5.10. The molecule has 6 heteroatoms. The van der Waals surface area contributed by atoms with E-state index in [1.807, 2.05) is 178 Å². The Morgan fingerprint density at radius 1 is 0.250 bits per heavy atom. The summed E-state index contributed by atoms with van der Waals surface area (Å²) in [4.78, 5) is 23.8. The van der Waals surface area contributed by atoms with Gasteiger partial charge in [0.25, 0.3) is 0 Å². The molecule has 5 heterocycles. The zero-order chi connectivity index (χ0) is 47.9. The highest BCUT2D eigenvalue weighted by Crippen LogP contribution is 2.03. The Balaban J connectivity index is -0.000000139. The van der Waals surface area contributed by atoms with Gasteiger partial charge in [-0.25, -0.2) is 9.97 Å². The summed E-state index contributed by atoms with van der Waals surface area (Å²) in [6, 6.07) is 20.4. The number of pyridine rings is 4. The van der Waals surface area contributed by atoms with E-state index in [0.717, 1.165) is 22.6 Å². The van der Waals surface area contributed by atoms with Crippen LogP contribution in [0.5, 0.6) is 0 Å². The Morgan fingerprint density at radius 2 is 0.533 bits per heavy atom. The standard InChI is InChI=1S/C8H10.4C7H9N.C6H8N2.6C2H6/c1-7-5-3-4-6-8(7)2;2*1-6-3-4-8-5-7(6)2;2*1-6-4-3-5-8-7(6)2;1-5-3-7-4-8-6(5)2;6*1-2/h3-6H,1-2H3;4*3-5H,1-2H3;3-4H,1-2H3;6*1-2H3. The quantitative estimate of drug-likeness (QED) is 0.152. The van der Waals surface area contributed by atoms with Crippen LogP contribution >= 0.6 is 0 Å². The Morgan fingerprint density at radius 3 is 0.717 bits per heavy atom.